The Labute approximate surface area is 94.0 Å². The molecule has 0 aliphatic carbocycles. The molecule has 3 heteroatoms. The molecule has 1 aliphatic rings. The fourth-order valence-electron chi connectivity index (χ4n) is 2.37. The molecule has 2 N–H and O–H groups in total. The Bertz CT molecular complexity index is 158. The van der Waals surface area contributed by atoms with Crippen LogP contribution in [-0.2, 0) is 4.74 Å². The highest BCUT2D eigenvalue weighted by molar-refractivity contribution is 4.74. The van der Waals surface area contributed by atoms with Gasteiger partial charge in [0.1, 0.15) is 0 Å². The lowest BCUT2D eigenvalue weighted by Gasteiger charge is -2.33. The molecule has 0 saturated carbocycles. The number of hydrogen-bond acceptors (Lipinski definition) is 3. The van der Waals surface area contributed by atoms with E-state index in [1.54, 1.807) is 0 Å². The smallest absolute Gasteiger partial charge is 0.0480 e. The van der Waals surface area contributed by atoms with Crippen LogP contribution in [0.3, 0.4) is 0 Å². The van der Waals surface area contributed by atoms with Gasteiger partial charge < -0.3 is 15.4 Å². The van der Waals surface area contributed by atoms with Crippen molar-refractivity contribution in [2.24, 2.45) is 11.7 Å². The van der Waals surface area contributed by atoms with Gasteiger partial charge in [0.15, 0.2) is 0 Å². The number of ether oxygens (including phenoxy) is 1. The second kappa shape index (κ2) is 7.20. The summed E-state index contributed by atoms with van der Waals surface area (Å²) in [6.07, 6.45) is 4.85. The fourth-order valence-corrected chi connectivity index (χ4v) is 2.37. The van der Waals surface area contributed by atoms with Gasteiger partial charge in [0.05, 0.1) is 0 Å². The zero-order valence-corrected chi connectivity index (χ0v) is 10.2. The number of nitrogens with two attached hydrogens (primary N) is 1. The summed E-state index contributed by atoms with van der Waals surface area (Å²) < 4.78 is 5.38. The summed E-state index contributed by atoms with van der Waals surface area (Å²) in [4.78, 5) is 2.48. The molecule has 0 radical (unpaired) electrons. The predicted octanol–water partition coefficient (Wildman–Crippen LogP) is 1.47. The highest BCUT2D eigenvalue weighted by atomic mass is 16.5. The van der Waals surface area contributed by atoms with E-state index in [0.29, 0.717) is 12.0 Å². The van der Waals surface area contributed by atoms with Gasteiger partial charge in [-0.05, 0) is 38.8 Å². The van der Waals surface area contributed by atoms with E-state index in [1.165, 1.54) is 25.7 Å². The van der Waals surface area contributed by atoms with Gasteiger partial charge in [-0.25, -0.2) is 0 Å². The van der Waals surface area contributed by atoms with Gasteiger partial charge in [-0.1, -0.05) is 13.3 Å². The molecule has 0 aromatic heterocycles. The lowest BCUT2D eigenvalue weighted by molar-refractivity contribution is 0.0382. The average molecular weight is 214 g/mol. The van der Waals surface area contributed by atoms with Crippen molar-refractivity contribution in [1.82, 2.24) is 4.90 Å². The van der Waals surface area contributed by atoms with E-state index >= 15 is 0 Å². The Hall–Kier alpha value is -0.120. The van der Waals surface area contributed by atoms with Crippen LogP contribution in [0.4, 0.5) is 0 Å². The third-order valence-corrected chi connectivity index (χ3v) is 3.39. The van der Waals surface area contributed by atoms with E-state index in [9.17, 15) is 0 Å². The Morgan fingerprint density at radius 2 is 2.07 bits per heavy atom. The molecule has 3 nitrogen and oxygen atoms in total. The summed E-state index contributed by atoms with van der Waals surface area (Å²) in [6.45, 7) is 6.06. The van der Waals surface area contributed by atoms with Gasteiger partial charge in [-0.2, -0.15) is 0 Å². The highest BCUT2D eigenvalue weighted by Crippen LogP contribution is 2.15. The molecule has 90 valence electrons. The van der Waals surface area contributed by atoms with Gasteiger partial charge in [-0.3, -0.25) is 0 Å². The van der Waals surface area contributed by atoms with Crippen LogP contribution in [0.15, 0.2) is 0 Å². The van der Waals surface area contributed by atoms with E-state index in [0.717, 1.165) is 26.3 Å². The first kappa shape index (κ1) is 12.9. The predicted molar refractivity (Wildman–Crippen MR) is 63.9 cm³/mol. The van der Waals surface area contributed by atoms with Crippen LogP contribution in [0.5, 0.6) is 0 Å². The molecular weight excluding hydrogens is 188 g/mol. The summed E-state index contributed by atoms with van der Waals surface area (Å²) in [6, 6.07) is 0.713. The van der Waals surface area contributed by atoms with Crippen molar-refractivity contribution in [3.63, 3.8) is 0 Å². The monoisotopic (exact) mass is 214 g/mol. The highest BCUT2D eigenvalue weighted by Gasteiger charge is 2.20. The molecule has 1 saturated heterocycles. The normalized spacial score (nSPS) is 20.8. The quantitative estimate of drug-likeness (QED) is 0.728. The Morgan fingerprint density at radius 1 is 1.40 bits per heavy atom. The van der Waals surface area contributed by atoms with E-state index in [-0.39, 0.29) is 0 Å². The SMILES string of the molecule is CCCC(CN)CN(C)C1CCOCC1. The Morgan fingerprint density at radius 3 is 2.60 bits per heavy atom. The maximum atomic E-state index is 5.79. The van der Waals surface area contributed by atoms with Crippen LogP contribution in [0, 0.1) is 5.92 Å². The van der Waals surface area contributed by atoms with Gasteiger partial charge in [0.25, 0.3) is 0 Å². The van der Waals surface area contributed by atoms with E-state index in [4.69, 9.17) is 10.5 Å². The van der Waals surface area contributed by atoms with Crippen LogP contribution >= 0.6 is 0 Å². The van der Waals surface area contributed by atoms with Crippen molar-refractivity contribution in [1.29, 1.82) is 0 Å². The minimum absolute atomic E-state index is 0.669. The lowest BCUT2D eigenvalue weighted by Crippen LogP contribution is -2.40. The molecule has 0 bridgehead atoms. The zero-order chi connectivity index (χ0) is 11.1. The Kier molecular flexibility index (Phi) is 6.22. The number of nitrogens with zero attached hydrogens (tertiary/aromatic N) is 1. The molecule has 1 aliphatic heterocycles. The molecule has 0 aromatic rings. The standard InChI is InChI=1S/C12H26N2O/c1-3-4-11(9-13)10-14(2)12-5-7-15-8-6-12/h11-12H,3-10,13H2,1-2H3. The third-order valence-electron chi connectivity index (χ3n) is 3.39. The summed E-state index contributed by atoms with van der Waals surface area (Å²) >= 11 is 0. The largest absolute Gasteiger partial charge is 0.381 e. The first-order valence-corrected chi connectivity index (χ1v) is 6.26. The Balaban J connectivity index is 2.28. The molecule has 1 unspecified atom stereocenters. The molecule has 1 rings (SSSR count). The molecule has 0 amide bonds. The molecule has 1 atom stereocenters. The number of rotatable bonds is 6. The van der Waals surface area contributed by atoms with Crippen LogP contribution < -0.4 is 5.73 Å². The van der Waals surface area contributed by atoms with Gasteiger partial charge in [0.2, 0.25) is 0 Å². The lowest BCUT2D eigenvalue weighted by atomic mass is 10.0. The van der Waals surface area contributed by atoms with Crippen molar-refractivity contribution in [3.8, 4) is 0 Å². The first-order chi connectivity index (χ1) is 7.27. The zero-order valence-electron chi connectivity index (χ0n) is 10.2. The van der Waals surface area contributed by atoms with Crippen molar-refractivity contribution in [2.75, 3.05) is 33.4 Å². The minimum Gasteiger partial charge on any atom is -0.381 e. The van der Waals surface area contributed by atoms with Crippen LogP contribution in [0.25, 0.3) is 0 Å². The fraction of sp³-hybridized carbons (Fsp3) is 1.00. The molecule has 15 heavy (non-hydrogen) atoms. The molecular formula is C12H26N2O. The van der Waals surface area contributed by atoms with Gasteiger partial charge in [-0.15, -0.1) is 0 Å². The van der Waals surface area contributed by atoms with Crippen LogP contribution in [0.2, 0.25) is 0 Å². The molecule has 0 aromatic carbocycles. The van der Waals surface area contributed by atoms with E-state index in [2.05, 4.69) is 18.9 Å². The molecule has 1 heterocycles. The average Bonchev–Trinajstić information content (AvgIpc) is 2.29. The summed E-state index contributed by atoms with van der Waals surface area (Å²) in [5, 5.41) is 0. The van der Waals surface area contributed by atoms with Crippen LogP contribution in [-0.4, -0.2) is 44.3 Å². The van der Waals surface area contributed by atoms with Crippen molar-refractivity contribution >= 4 is 0 Å². The van der Waals surface area contributed by atoms with Crippen LogP contribution in [0.1, 0.15) is 32.6 Å². The second-order valence-corrected chi connectivity index (χ2v) is 4.67. The minimum atomic E-state index is 0.669. The van der Waals surface area contributed by atoms with Crippen molar-refractivity contribution in [2.45, 2.75) is 38.6 Å². The molecule has 0 spiro atoms. The second-order valence-electron chi connectivity index (χ2n) is 4.67. The van der Waals surface area contributed by atoms with Gasteiger partial charge in [0, 0.05) is 25.8 Å². The maximum absolute atomic E-state index is 5.79. The van der Waals surface area contributed by atoms with E-state index in [1.807, 2.05) is 0 Å². The van der Waals surface area contributed by atoms with E-state index < -0.39 is 0 Å². The first-order valence-electron chi connectivity index (χ1n) is 6.26. The summed E-state index contributed by atoms with van der Waals surface area (Å²) in [5.41, 5.74) is 5.79. The topological polar surface area (TPSA) is 38.5 Å². The summed E-state index contributed by atoms with van der Waals surface area (Å²) in [7, 11) is 2.23. The molecule has 1 fully saturated rings. The van der Waals surface area contributed by atoms with Crippen molar-refractivity contribution in [3.05, 3.63) is 0 Å². The maximum Gasteiger partial charge on any atom is 0.0480 e. The third kappa shape index (κ3) is 4.49. The van der Waals surface area contributed by atoms with Crippen molar-refractivity contribution < 1.29 is 4.74 Å². The number of hydrogen-bond donors (Lipinski definition) is 1. The summed E-state index contributed by atoms with van der Waals surface area (Å²) in [5.74, 6) is 0.669. The van der Waals surface area contributed by atoms with Gasteiger partial charge >= 0.3 is 0 Å².